The second-order valence-corrected chi connectivity index (χ2v) is 5.97. The number of carboxylic acid groups (broad SMARTS) is 1. The summed E-state index contributed by atoms with van der Waals surface area (Å²) in [5.41, 5.74) is 3.01. The molecule has 0 aliphatic rings. The zero-order valence-electron chi connectivity index (χ0n) is 14.1. The minimum Gasteiger partial charge on any atom is -0.449 e. The Morgan fingerprint density at radius 1 is 1.08 bits per heavy atom. The molecule has 1 heterocycles. The number of benzene rings is 2. The lowest BCUT2D eigenvalue weighted by Gasteiger charge is -2.11. The number of hydrogen-bond acceptors (Lipinski definition) is 5. The lowest BCUT2D eigenvalue weighted by Crippen LogP contribution is -2.06. The quantitative estimate of drug-likeness (QED) is 0.630. The van der Waals surface area contributed by atoms with Crippen molar-refractivity contribution >= 4 is 17.8 Å². The standard InChI is InChI=1S/C19H15ClN2O4/c1-11-7-8-13(9-12(11)2)17-21-10-16(26-19(23)24)18(22-17)25-15-6-4-3-5-14(15)20/h3-10H,1-2H3,(H,23,24). The summed E-state index contributed by atoms with van der Waals surface area (Å²) in [7, 11) is 0. The Kier molecular flexibility index (Phi) is 5.04. The van der Waals surface area contributed by atoms with E-state index >= 15 is 0 Å². The lowest BCUT2D eigenvalue weighted by molar-refractivity contribution is 0.142. The summed E-state index contributed by atoms with van der Waals surface area (Å²) in [6.07, 6.45) is -0.228. The number of halogens is 1. The Labute approximate surface area is 155 Å². The fourth-order valence-electron chi connectivity index (χ4n) is 2.24. The molecule has 3 rings (SSSR count). The number of ether oxygens (including phenoxy) is 2. The molecule has 6 nitrogen and oxygen atoms in total. The van der Waals surface area contributed by atoms with Crippen molar-refractivity contribution in [3.8, 4) is 28.8 Å². The Morgan fingerprint density at radius 2 is 1.85 bits per heavy atom. The molecule has 0 bridgehead atoms. The van der Waals surface area contributed by atoms with Gasteiger partial charge in [-0.3, -0.25) is 0 Å². The van der Waals surface area contributed by atoms with E-state index in [4.69, 9.17) is 26.2 Å². The second kappa shape index (κ2) is 7.41. The highest BCUT2D eigenvalue weighted by Crippen LogP contribution is 2.34. The number of hydrogen-bond donors (Lipinski definition) is 1. The van der Waals surface area contributed by atoms with E-state index in [1.165, 1.54) is 6.20 Å². The third kappa shape index (κ3) is 3.92. The molecule has 0 unspecified atom stereocenters. The van der Waals surface area contributed by atoms with Crippen LogP contribution in [-0.4, -0.2) is 21.2 Å². The van der Waals surface area contributed by atoms with Gasteiger partial charge < -0.3 is 14.6 Å². The first-order valence-corrected chi connectivity index (χ1v) is 8.09. The molecule has 0 aliphatic heterocycles. The molecule has 0 aliphatic carbocycles. The summed E-state index contributed by atoms with van der Waals surface area (Å²) in [4.78, 5) is 19.4. The summed E-state index contributed by atoms with van der Waals surface area (Å²) < 4.78 is 10.4. The van der Waals surface area contributed by atoms with Crippen LogP contribution in [0.2, 0.25) is 5.02 Å². The summed E-state index contributed by atoms with van der Waals surface area (Å²) in [5, 5.41) is 9.27. The van der Waals surface area contributed by atoms with Crippen molar-refractivity contribution in [2.24, 2.45) is 0 Å². The molecule has 0 saturated carbocycles. The van der Waals surface area contributed by atoms with Crippen LogP contribution in [0, 0.1) is 13.8 Å². The predicted octanol–water partition coefficient (Wildman–Crippen LogP) is 5.26. The van der Waals surface area contributed by atoms with E-state index in [0.29, 0.717) is 16.6 Å². The molecule has 0 radical (unpaired) electrons. The maximum Gasteiger partial charge on any atom is 0.511 e. The van der Waals surface area contributed by atoms with Crippen LogP contribution in [0.1, 0.15) is 11.1 Å². The van der Waals surface area contributed by atoms with Crippen LogP contribution in [0.15, 0.2) is 48.7 Å². The molecule has 132 valence electrons. The van der Waals surface area contributed by atoms with Gasteiger partial charge in [0.25, 0.3) is 5.88 Å². The first-order chi connectivity index (χ1) is 12.4. The molecule has 0 atom stereocenters. The van der Waals surface area contributed by atoms with Gasteiger partial charge in [0.05, 0.1) is 11.2 Å². The SMILES string of the molecule is Cc1ccc(-c2ncc(OC(=O)O)c(Oc3ccccc3Cl)n2)cc1C. The lowest BCUT2D eigenvalue weighted by atomic mass is 10.1. The zero-order chi connectivity index (χ0) is 18.7. The average molecular weight is 371 g/mol. The van der Waals surface area contributed by atoms with Gasteiger partial charge in [0.2, 0.25) is 5.75 Å². The van der Waals surface area contributed by atoms with Crippen molar-refractivity contribution in [3.05, 3.63) is 64.8 Å². The van der Waals surface area contributed by atoms with Crippen LogP contribution >= 0.6 is 11.6 Å². The fourth-order valence-corrected chi connectivity index (χ4v) is 2.42. The molecule has 0 amide bonds. The van der Waals surface area contributed by atoms with Crippen molar-refractivity contribution < 1.29 is 19.4 Å². The summed E-state index contributed by atoms with van der Waals surface area (Å²) in [6.45, 7) is 4.00. The molecule has 26 heavy (non-hydrogen) atoms. The monoisotopic (exact) mass is 370 g/mol. The topological polar surface area (TPSA) is 81.5 Å². The van der Waals surface area contributed by atoms with Gasteiger partial charge in [-0.1, -0.05) is 35.9 Å². The van der Waals surface area contributed by atoms with Gasteiger partial charge >= 0.3 is 6.16 Å². The molecule has 0 spiro atoms. The van der Waals surface area contributed by atoms with Crippen LogP contribution in [0.25, 0.3) is 11.4 Å². The average Bonchev–Trinajstić information content (AvgIpc) is 2.60. The number of nitrogens with zero attached hydrogens (tertiary/aromatic N) is 2. The van der Waals surface area contributed by atoms with Crippen molar-refractivity contribution in [1.29, 1.82) is 0 Å². The van der Waals surface area contributed by atoms with Crippen LogP contribution in [0.3, 0.4) is 0 Å². The van der Waals surface area contributed by atoms with Crippen LogP contribution in [0.4, 0.5) is 4.79 Å². The van der Waals surface area contributed by atoms with Crippen molar-refractivity contribution in [1.82, 2.24) is 9.97 Å². The summed E-state index contributed by atoms with van der Waals surface area (Å²) in [6, 6.07) is 12.6. The molecule has 3 aromatic rings. The van der Waals surface area contributed by atoms with Crippen molar-refractivity contribution in [2.45, 2.75) is 13.8 Å². The first kappa shape index (κ1) is 17.7. The predicted molar refractivity (Wildman–Crippen MR) is 97.1 cm³/mol. The molecule has 1 N–H and O–H groups in total. The van der Waals surface area contributed by atoms with Crippen LogP contribution in [0.5, 0.6) is 17.4 Å². The zero-order valence-corrected chi connectivity index (χ0v) is 14.8. The highest BCUT2D eigenvalue weighted by Gasteiger charge is 2.16. The Hall–Kier alpha value is -3.12. The maximum atomic E-state index is 10.9. The van der Waals surface area contributed by atoms with Gasteiger partial charge in [-0.05, 0) is 43.2 Å². The van der Waals surface area contributed by atoms with E-state index in [1.54, 1.807) is 24.3 Å². The normalized spacial score (nSPS) is 10.4. The Bertz CT molecular complexity index is 976. The van der Waals surface area contributed by atoms with E-state index in [-0.39, 0.29) is 11.6 Å². The van der Waals surface area contributed by atoms with Gasteiger partial charge in [-0.15, -0.1) is 0 Å². The number of aromatic nitrogens is 2. The van der Waals surface area contributed by atoms with Gasteiger partial charge in [-0.25, -0.2) is 9.78 Å². The minimum atomic E-state index is -1.49. The highest BCUT2D eigenvalue weighted by atomic mass is 35.5. The van der Waals surface area contributed by atoms with E-state index in [0.717, 1.165) is 16.7 Å². The third-order valence-corrected chi connectivity index (χ3v) is 4.04. The summed E-state index contributed by atoms with van der Waals surface area (Å²) in [5.74, 6) is 0.552. The largest absolute Gasteiger partial charge is 0.511 e. The van der Waals surface area contributed by atoms with E-state index in [1.807, 2.05) is 32.0 Å². The molecule has 0 saturated heterocycles. The number of aryl methyl sites for hydroxylation is 2. The molecular weight excluding hydrogens is 356 g/mol. The van der Waals surface area contributed by atoms with Gasteiger partial charge in [0, 0.05) is 5.56 Å². The number of para-hydroxylation sites is 1. The maximum absolute atomic E-state index is 10.9. The Morgan fingerprint density at radius 3 is 2.54 bits per heavy atom. The van der Waals surface area contributed by atoms with Crippen molar-refractivity contribution in [2.75, 3.05) is 0 Å². The highest BCUT2D eigenvalue weighted by molar-refractivity contribution is 6.32. The van der Waals surface area contributed by atoms with Gasteiger partial charge in [0.1, 0.15) is 5.75 Å². The van der Waals surface area contributed by atoms with Gasteiger partial charge in [0.15, 0.2) is 5.82 Å². The molecule has 0 fully saturated rings. The number of carbonyl (C=O) groups is 1. The minimum absolute atomic E-state index is 0.0382. The Balaban J connectivity index is 2.05. The van der Waals surface area contributed by atoms with Crippen LogP contribution < -0.4 is 9.47 Å². The van der Waals surface area contributed by atoms with Gasteiger partial charge in [-0.2, -0.15) is 4.98 Å². The molecular formula is C19H15ClN2O4. The fraction of sp³-hybridized carbons (Fsp3) is 0.105. The third-order valence-electron chi connectivity index (χ3n) is 3.73. The van der Waals surface area contributed by atoms with Crippen molar-refractivity contribution in [3.63, 3.8) is 0 Å². The summed E-state index contributed by atoms with van der Waals surface area (Å²) >= 11 is 6.10. The van der Waals surface area contributed by atoms with E-state index < -0.39 is 6.16 Å². The molecule has 2 aromatic carbocycles. The van der Waals surface area contributed by atoms with Crippen LogP contribution in [-0.2, 0) is 0 Å². The smallest absolute Gasteiger partial charge is 0.449 e. The number of rotatable bonds is 4. The first-order valence-electron chi connectivity index (χ1n) is 7.72. The molecule has 7 heteroatoms. The van der Waals surface area contributed by atoms with E-state index in [9.17, 15) is 4.79 Å². The molecule has 1 aromatic heterocycles. The van der Waals surface area contributed by atoms with E-state index in [2.05, 4.69) is 9.97 Å². The second-order valence-electron chi connectivity index (χ2n) is 5.56.